The predicted molar refractivity (Wildman–Crippen MR) is 82.1 cm³/mol. The van der Waals surface area contributed by atoms with E-state index in [4.69, 9.17) is 9.84 Å². The summed E-state index contributed by atoms with van der Waals surface area (Å²) in [5.74, 6) is -2.52. The lowest BCUT2D eigenvalue weighted by Gasteiger charge is -2.13. The van der Waals surface area contributed by atoms with Crippen LogP contribution in [-0.4, -0.2) is 68.3 Å². The molecule has 0 bridgehead atoms. The first-order valence-electron chi connectivity index (χ1n) is 7.04. The van der Waals surface area contributed by atoms with Gasteiger partial charge in [0.05, 0.1) is 36.6 Å². The van der Waals surface area contributed by atoms with Crippen molar-refractivity contribution < 1.29 is 32.6 Å². The van der Waals surface area contributed by atoms with Crippen LogP contribution in [0.1, 0.15) is 20.7 Å². The highest BCUT2D eigenvalue weighted by molar-refractivity contribution is 7.89. The van der Waals surface area contributed by atoms with Crippen LogP contribution in [0.15, 0.2) is 24.3 Å². The molecule has 2 N–H and O–H groups in total. The molecule has 0 aliphatic carbocycles. The number of carboxylic acid groups (broad SMARTS) is 1. The molecule has 0 aromatic heterocycles. The van der Waals surface area contributed by atoms with E-state index in [1.807, 2.05) is 4.72 Å². The number of carbonyl (C=O) groups excluding carboxylic acids is 2. The predicted octanol–water partition coefficient (Wildman–Crippen LogP) is -0.697. The molecule has 2 amide bonds. The zero-order valence-corrected chi connectivity index (χ0v) is 13.4. The van der Waals surface area contributed by atoms with Crippen LogP contribution in [0.5, 0.6) is 0 Å². The molecule has 0 fully saturated rings. The molecule has 0 atom stereocenters. The molecule has 130 valence electrons. The molecular formula is C14H16N2O7S. The average Bonchev–Trinajstić information content (AvgIpc) is 2.78. The smallest absolute Gasteiger partial charge is 0.318 e. The first kappa shape index (κ1) is 18.0. The van der Waals surface area contributed by atoms with Gasteiger partial charge in [0, 0.05) is 0 Å². The molecule has 1 aliphatic rings. The van der Waals surface area contributed by atoms with E-state index >= 15 is 0 Å². The fraction of sp³-hybridized carbons (Fsp3) is 0.357. The number of imide groups is 1. The molecule has 9 nitrogen and oxygen atoms in total. The number of benzene rings is 1. The van der Waals surface area contributed by atoms with E-state index in [0.717, 1.165) is 4.90 Å². The third kappa shape index (κ3) is 4.37. The lowest BCUT2D eigenvalue weighted by Crippen LogP contribution is -2.34. The minimum atomic E-state index is -3.74. The molecule has 10 heteroatoms. The van der Waals surface area contributed by atoms with E-state index in [1.165, 1.54) is 0 Å². The van der Waals surface area contributed by atoms with Crippen molar-refractivity contribution in [2.45, 2.75) is 0 Å². The Hall–Kier alpha value is -2.30. The Morgan fingerprint density at radius 2 is 1.71 bits per heavy atom. The lowest BCUT2D eigenvalue weighted by molar-refractivity contribution is -0.135. The number of hydrogen-bond acceptors (Lipinski definition) is 6. The molecule has 0 saturated heterocycles. The maximum Gasteiger partial charge on any atom is 0.318 e. The number of aliphatic carboxylic acids is 1. The topological polar surface area (TPSA) is 130 Å². The summed E-state index contributed by atoms with van der Waals surface area (Å²) in [6, 6.07) is 6.46. The largest absolute Gasteiger partial charge is 0.480 e. The lowest BCUT2D eigenvalue weighted by atomic mass is 10.1. The van der Waals surface area contributed by atoms with Crippen molar-refractivity contribution in [2.75, 3.05) is 32.1 Å². The zero-order valence-electron chi connectivity index (χ0n) is 12.6. The van der Waals surface area contributed by atoms with Crippen LogP contribution in [0.25, 0.3) is 0 Å². The number of nitrogens with zero attached hydrogens (tertiary/aromatic N) is 1. The number of amides is 2. The van der Waals surface area contributed by atoms with E-state index in [9.17, 15) is 22.8 Å². The zero-order chi connectivity index (χ0) is 17.7. The van der Waals surface area contributed by atoms with Gasteiger partial charge in [-0.1, -0.05) is 12.1 Å². The van der Waals surface area contributed by atoms with E-state index < -0.39 is 40.1 Å². The molecule has 1 heterocycles. The van der Waals surface area contributed by atoms with Gasteiger partial charge in [-0.05, 0) is 12.1 Å². The summed E-state index contributed by atoms with van der Waals surface area (Å²) in [6.07, 6.45) is 0. The number of ether oxygens (including phenoxy) is 1. The van der Waals surface area contributed by atoms with Crippen molar-refractivity contribution in [3.8, 4) is 0 Å². The molecule has 0 spiro atoms. The van der Waals surface area contributed by atoms with Gasteiger partial charge in [-0.25, -0.2) is 13.1 Å². The van der Waals surface area contributed by atoms with Gasteiger partial charge < -0.3 is 9.84 Å². The molecular weight excluding hydrogens is 340 g/mol. The normalized spacial score (nSPS) is 14.1. The third-order valence-electron chi connectivity index (χ3n) is 3.28. The molecule has 1 aliphatic heterocycles. The highest BCUT2D eigenvalue weighted by Crippen LogP contribution is 2.21. The number of rotatable bonds is 9. The molecule has 0 unspecified atom stereocenters. The highest BCUT2D eigenvalue weighted by atomic mass is 32.2. The van der Waals surface area contributed by atoms with Gasteiger partial charge in [0.25, 0.3) is 11.8 Å². The van der Waals surface area contributed by atoms with Crippen LogP contribution < -0.4 is 4.72 Å². The number of carbonyl (C=O) groups is 3. The van der Waals surface area contributed by atoms with Crippen LogP contribution in [-0.2, 0) is 19.6 Å². The Labute approximate surface area is 138 Å². The second kappa shape index (κ2) is 7.51. The minimum Gasteiger partial charge on any atom is -0.480 e. The van der Waals surface area contributed by atoms with E-state index in [-0.39, 0.29) is 19.8 Å². The number of carboxylic acids is 1. The second-order valence-electron chi connectivity index (χ2n) is 4.95. The third-order valence-corrected chi connectivity index (χ3v) is 4.57. The van der Waals surface area contributed by atoms with Crippen LogP contribution in [0.2, 0.25) is 0 Å². The quantitative estimate of drug-likeness (QED) is 0.442. The minimum absolute atomic E-state index is 0.00888. The number of hydrogen-bond donors (Lipinski definition) is 2. The molecule has 1 aromatic rings. The SMILES string of the molecule is O=C(O)CNS(=O)(=O)CCOCCN1C(=O)c2ccccc2C1=O. The Morgan fingerprint density at radius 1 is 1.12 bits per heavy atom. The summed E-state index contributed by atoms with van der Waals surface area (Å²) in [6.45, 7) is -0.885. The number of sulfonamides is 1. The van der Waals surface area contributed by atoms with E-state index in [0.29, 0.717) is 11.1 Å². The molecule has 0 radical (unpaired) electrons. The van der Waals surface area contributed by atoms with Gasteiger partial charge in [0.15, 0.2) is 0 Å². The standard InChI is InChI=1S/C14H16N2O7S/c17-12(18)9-15-24(21,22)8-7-23-6-5-16-13(19)10-3-1-2-4-11(10)14(16)20/h1-4,15H,5-9H2,(H,17,18). The van der Waals surface area contributed by atoms with E-state index in [1.54, 1.807) is 24.3 Å². The Bertz CT molecular complexity index is 725. The first-order valence-corrected chi connectivity index (χ1v) is 8.69. The van der Waals surface area contributed by atoms with Crippen molar-refractivity contribution in [3.05, 3.63) is 35.4 Å². The van der Waals surface area contributed by atoms with Crippen molar-refractivity contribution in [1.82, 2.24) is 9.62 Å². The van der Waals surface area contributed by atoms with E-state index in [2.05, 4.69) is 0 Å². The molecule has 2 rings (SSSR count). The summed E-state index contributed by atoms with van der Waals surface area (Å²) in [5.41, 5.74) is 0.672. The first-order chi connectivity index (χ1) is 11.3. The fourth-order valence-corrected chi connectivity index (χ4v) is 2.94. The Balaban J connectivity index is 1.75. The fourth-order valence-electron chi connectivity index (χ4n) is 2.11. The highest BCUT2D eigenvalue weighted by Gasteiger charge is 2.34. The summed E-state index contributed by atoms with van der Waals surface area (Å²) in [5, 5.41) is 8.40. The van der Waals surface area contributed by atoms with Crippen LogP contribution in [0, 0.1) is 0 Å². The Kier molecular flexibility index (Phi) is 5.65. The van der Waals surface area contributed by atoms with Gasteiger partial charge in [-0.15, -0.1) is 0 Å². The van der Waals surface area contributed by atoms with Gasteiger partial charge in [-0.3, -0.25) is 19.3 Å². The van der Waals surface area contributed by atoms with Crippen molar-refractivity contribution in [1.29, 1.82) is 0 Å². The maximum atomic E-state index is 12.1. The van der Waals surface area contributed by atoms with Crippen LogP contribution in [0.4, 0.5) is 0 Å². The van der Waals surface area contributed by atoms with Crippen molar-refractivity contribution in [2.24, 2.45) is 0 Å². The number of nitrogens with one attached hydrogen (secondary N) is 1. The van der Waals surface area contributed by atoms with Crippen LogP contribution >= 0.6 is 0 Å². The Morgan fingerprint density at radius 3 is 2.25 bits per heavy atom. The van der Waals surface area contributed by atoms with Gasteiger partial charge in [-0.2, -0.15) is 0 Å². The number of fused-ring (bicyclic) bond motifs is 1. The van der Waals surface area contributed by atoms with Crippen molar-refractivity contribution >= 4 is 27.8 Å². The average molecular weight is 356 g/mol. The van der Waals surface area contributed by atoms with Gasteiger partial charge in [0.2, 0.25) is 10.0 Å². The summed E-state index contributed by atoms with van der Waals surface area (Å²) in [7, 11) is -3.74. The van der Waals surface area contributed by atoms with Crippen molar-refractivity contribution in [3.63, 3.8) is 0 Å². The molecule has 0 saturated carbocycles. The van der Waals surface area contributed by atoms with Gasteiger partial charge >= 0.3 is 5.97 Å². The second-order valence-corrected chi connectivity index (χ2v) is 6.88. The maximum absolute atomic E-state index is 12.1. The van der Waals surface area contributed by atoms with Crippen LogP contribution in [0.3, 0.4) is 0 Å². The molecule has 24 heavy (non-hydrogen) atoms. The summed E-state index contributed by atoms with van der Waals surface area (Å²) < 4.78 is 29.9. The summed E-state index contributed by atoms with van der Waals surface area (Å²) in [4.78, 5) is 35.5. The monoisotopic (exact) mass is 356 g/mol. The van der Waals surface area contributed by atoms with Gasteiger partial charge in [0.1, 0.15) is 6.54 Å². The molecule has 1 aromatic carbocycles. The summed E-state index contributed by atoms with van der Waals surface area (Å²) >= 11 is 0.